The Hall–Kier alpha value is -2.97. The van der Waals surface area contributed by atoms with Crippen molar-refractivity contribution >= 4 is 29.2 Å². The molecule has 1 aromatic carbocycles. The van der Waals surface area contributed by atoms with Crippen molar-refractivity contribution in [3.8, 4) is 0 Å². The molecular weight excluding hydrogens is 399 g/mol. The van der Waals surface area contributed by atoms with E-state index in [0.717, 1.165) is 42.6 Å². The Bertz CT molecular complexity index is 1070. The molecule has 0 radical (unpaired) electrons. The first-order valence-electron chi connectivity index (χ1n) is 10.5. The molecule has 1 saturated carbocycles. The van der Waals surface area contributed by atoms with Gasteiger partial charge in [-0.05, 0) is 75.3 Å². The standard InChI is InChI=1S/C23H27FN4O3/c1-12-7-13(2)26-20(12)9-17-16-8-19(24)18(22(29)27-31)10-21(16)28(23(17)30)11-14-3-5-15(25)6-4-14/h7-10,14-15,26,31H,3-6,11,25H2,1-2H3,(H,27,29)/b17-9-. The van der Waals surface area contributed by atoms with E-state index in [0.29, 0.717) is 23.4 Å². The molecule has 8 heteroatoms. The molecule has 1 fully saturated rings. The van der Waals surface area contributed by atoms with Crippen LogP contribution in [0.5, 0.6) is 0 Å². The largest absolute Gasteiger partial charge is 0.359 e. The van der Waals surface area contributed by atoms with Crippen LogP contribution in [0.1, 0.15) is 58.6 Å². The number of hydrogen-bond acceptors (Lipinski definition) is 4. The number of nitrogens with one attached hydrogen (secondary N) is 2. The van der Waals surface area contributed by atoms with Gasteiger partial charge in [0.25, 0.3) is 11.8 Å². The fraction of sp³-hybridized carbons (Fsp3) is 0.391. The van der Waals surface area contributed by atoms with Gasteiger partial charge < -0.3 is 15.6 Å². The number of nitrogens with zero attached hydrogens (tertiary/aromatic N) is 1. The van der Waals surface area contributed by atoms with Gasteiger partial charge in [0.05, 0.1) is 16.8 Å². The molecule has 2 amide bonds. The zero-order valence-electron chi connectivity index (χ0n) is 17.7. The van der Waals surface area contributed by atoms with Gasteiger partial charge in [0.2, 0.25) is 0 Å². The van der Waals surface area contributed by atoms with Crippen LogP contribution in [0.25, 0.3) is 11.6 Å². The molecule has 1 aliphatic heterocycles. The average Bonchev–Trinajstić information content (AvgIpc) is 3.18. The number of halogens is 1. The molecule has 1 aliphatic carbocycles. The number of amides is 2. The summed E-state index contributed by atoms with van der Waals surface area (Å²) in [5, 5.41) is 8.97. The van der Waals surface area contributed by atoms with E-state index < -0.39 is 11.7 Å². The SMILES string of the molecule is Cc1cc(C)c(/C=C2\C(=O)N(CC3CCC(N)CC3)c3cc(C(=O)NO)c(F)cc32)[nH]1. The molecule has 7 nitrogen and oxygen atoms in total. The predicted octanol–water partition coefficient (Wildman–Crippen LogP) is 3.29. The number of rotatable bonds is 4. The third-order valence-corrected chi connectivity index (χ3v) is 6.30. The molecule has 0 unspecified atom stereocenters. The molecule has 2 heterocycles. The van der Waals surface area contributed by atoms with Crippen molar-refractivity contribution in [1.29, 1.82) is 0 Å². The second-order valence-corrected chi connectivity index (χ2v) is 8.59. The van der Waals surface area contributed by atoms with Crippen molar-refractivity contribution in [3.63, 3.8) is 0 Å². The maximum atomic E-state index is 14.7. The predicted molar refractivity (Wildman–Crippen MR) is 116 cm³/mol. The number of carbonyl (C=O) groups is 2. The van der Waals surface area contributed by atoms with Gasteiger partial charge in [-0.15, -0.1) is 0 Å². The highest BCUT2D eigenvalue weighted by molar-refractivity contribution is 6.36. The fourth-order valence-electron chi connectivity index (χ4n) is 4.60. The van der Waals surface area contributed by atoms with Gasteiger partial charge in [-0.1, -0.05) is 0 Å². The van der Waals surface area contributed by atoms with Crippen LogP contribution in [0.3, 0.4) is 0 Å². The van der Waals surface area contributed by atoms with Crippen LogP contribution >= 0.6 is 0 Å². The number of H-pyrrole nitrogens is 1. The molecule has 4 rings (SSSR count). The van der Waals surface area contributed by atoms with Gasteiger partial charge in [-0.2, -0.15) is 0 Å². The molecule has 31 heavy (non-hydrogen) atoms. The maximum Gasteiger partial charge on any atom is 0.277 e. The number of nitrogens with two attached hydrogens (primary N) is 1. The highest BCUT2D eigenvalue weighted by Crippen LogP contribution is 2.41. The minimum absolute atomic E-state index is 0.196. The second-order valence-electron chi connectivity index (χ2n) is 8.59. The first-order chi connectivity index (χ1) is 14.8. The summed E-state index contributed by atoms with van der Waals surface area (Å²) in [6, 6.07) is 4.72. The Morgan fingerprint density at radius 1 is 1.29 bits per heavy atom. The zero-order chi connectivity index (χ0) is 22.3. The number of benzene rings is 1. The van der Waals surface area contributed by atoms with E-state index >= 15 is 0 Å². The highest BCUT2D eigenvalue weighted by Gasteiger charge is 2.36. The van der Waals surface area contributed by atoms with Gasteiger partial charge in [0, 0.05) is 29.5 Å². The number of fused-ring (bicyclic) bond motifs is 1. The van der Waals surface area contributed by atoms with Crippen LogP contribution in [0.2, 0.25) is 0 Å². The van der Waals surface area contributed by atoms with Gasteiger partial charge in [0.15, 0.2) is 0 Å². The molecule has 0 atom stereocenters. The molecule has 2 aromatic rings. The van der Waals surface area contributed by atoms with E-state index in [-0.39, 0.29) is 23.4 Å². The summed E-state index contributed by atoms with van der Waals surface area (Å²) in [5.74, 6) is -1.69. The van der Waals surface area contributed by atoms with E-state index in [1.807, 2.05) is 19.9 Å². The summed E-state index contributed by atoms with van der Waals surface area (Å²) in [6.07, 6.45) is 5.39. The van der Waals surface area contributed by atoms with E-state index in [2.05, 4.69) is 4.98 Å². The molecule has 1 aromatic heterocycles. The molecule has 0 bridgehead atoms. The average molecular weight is 426 g/mol. The summed E-state index contributed by atoms with van der Waals surface area (Å²) < 4.78 is 14.7. The Balaban J connectivity index is 1.78. The summed E-state index contributed by atoms with van der Waals surface area (Å²) in [5.41, 5.74) is 11.2. The molecule has 5 N–H and O–H groups in total. The number of carbonyl (C=O) groups excluding carboxylic acids is 2. The first-order valence-corrected chi connectivity index (χ1v) is 10.5. The number of aromatic amines is 1. The van der Waals surface area contributed by atoms with Crippen LogP contribution in [0.15, 0.2) is 18.2 Å². The van der Waals surface area contributed by atoms with E-state index in [9.17, 15) is 14.0 Å². The van der Waals surface area contributed by atoms with Crippen molar-refractivity contribution in [2.24, 2.45) is 11.7 Å². The number of hydrogen-bond donors (Lipinski definition) is 4. The summed E-state index contributed by atoms with van der Waals surface area (Å²) in [7, 11) is 0. The normalized spacial score (nSPS) is 22.2. The summed E-state index contributed by atoms with van der Waals surface area (Å²) in [6.45, 7) is 4.35. The van der Waals surface area contributed by atoms with Gasteiger partial charge in [-0.3, -0.25) is 14.8 Å². The monoisotopic (exact) mass is 426 g/mol. The minimum atomic E-state index is -0.954. The summed E-state index contributed by atoms with van der Waals surface area (Å²) in [4.78, 5) is 30.2. The molecule has 0 saturated heterocycles. The van der Waals surface area contributed by atoms with Crippen molar-refractivity contribution < 1.29 is 19.2 Å². The number of anilines is 1. The van der Waals surface area contributed by atoms with Crippen LogP contribution < -0.4 is 16.1 Å². The van der Waals surface area contributed by atoms with Gasteiger partial charge in [-0.25, -0.2) is 9.87 Å². The molecule has 2 aliphatic rings. The fourth-order valence-corrected chi connectivity index (χ4v) is 4.60. The van der Waals surface area contributed by atoms with E-state index in [1.54, 1.807) is 11.0 Å². The van der Waals surface area contributed by atoms with Crippen LogP contribution in [-0.2, 0) is 4.79 Å². The third-order valence-electron chi connectivity index (χ3n) is 6.30. The van der Waals surface area contributed by atoms with Crippen LogP contribution in [-0.4, -0.2) is 34.6 Å². The smallest absolute Gasteiger partial charge is 0.277 e. The van der Waals surface area contributed by atoms with E-state index in [1.165, 1.54) is 17.6 Å². The van der Waals surface area contributed by atoms with Gasteiger partial charge >= 0.3 is 0 Å². The van der Waals surface area contributed by atoms with Crippen LogP contribution in [0, 0.1) is 25.6 Å². The summed E-state index contributed by atoms with van der Waals surface area (Å²) >= 11 is 0. The van der Waals surface area contributed by atoms with Gasteiger partial charge in [0.1, 0.15) is 5.82 Å². The number of aryl methyl sites for hydroxylation is 2. The van der Waals surface area contributed by atoms with Crippen molar-refractivity contribution in [1.82, 2.24) is 10.5 Å². The molecule has 0 spiro atoms. The lowest BCUT2D eigenvalue weighted by Gasteiger charge is -2.30. The number of hydroxylamine groups is 1. The second kappa shape index (κ2) is 8.28. The number of aromatic nitrogens is 1. The van der Waals surface area contributed by atoms with Crippen LogP contribution in [0.4, 0.5) is 10.1 Å². The Morgan fingerprint density at radius 3 is 2.61 bits per heavy atom. The Labute approximate surface area is 180 Å². The Kier molecular flexibility index (Phi) is 5.68. The quantitative estimate of drug-likeness (QED) is 0.341. The Morgan fingerprint density at radius 2 is 2.00 bits per heavy atom. The highest BCUT2D eigenvalue weighted by atomic mass is 19.1. The minimum Gasteiger partial charge on any atom is -0.359 e. The molecule has 164 valence electrons. The van der Waals surface area contributed by atoms with Crippen molar-refractivity contribution in [2.75, 3.05) is 11.4 Å². The molecular formula is C23H27FN4O3. The van der Waals surface area contributed by atoms with Crippen molar-refractivity contribution in [3.05, 3.63) is 52.1 Å². The lowest BCUT2D eigenvalue weighted by atomic mass is 9.86. The third kappa shape index (κ3) is 4.00. The topological polar surface area (TPSA) is 111 Å². The lowest BCUT2D eigenvalue weighted by molar-refractivity contribution is -0.113. The van der Waals surface area contributed by atoms with E-state index in [4.69, 9.17) is 10.9 Å². The lowest BCUT2D eigenvalue weighted by Crippen LogP contribution is -2.36. The zero-order valence-corrected chi connectivity index (χ0v) is 17.7. The first kappa shape index (κ1) is 21.3. The maximum absolute atomic E-state index is 14.7. The van der Waals surface area contributed by atoms with Crippen molar-refractivity contribution in [2.45, 2.75) is 45.6 Å².